The Balaban J connectivity index is 1.51. The van der Waals surface area contributed by atoms with Gasteiger partial charge in [0.15, 0.2) is 0 Å². The third kappa shape index (κ3) is 2.20. The summed E-state index contributed by atoms with van der Waals surface area (Å²) in [6, 6.07) is 4.01. The van der Waals surface area contributed by atoms with Crippen LogP contribution >= 0.6 is 0 Å². The molecule has 5 nitrogen and oxygen atoms in total. The van der Waals surface area contributed by atoms with E-state index in [0.717, 1.165) is 25.2 Å². The number of aliphatic hydroxyl groups is 1. The average Bonchev–Trinajstić information content (AvgIpc) is 3.51. The van der Waals surface area contributed by atoms with E-state index < -0.39 is 17.1 Å². The first-order chi connectivity index (χ1) is 15.7. The van der Waals surface area contributed by atoms with Crippen molar-refractivity contribution >= 4 is 5.91 Å². The van der Waals surface area contributed by atoms with Gasteiger partial charge in [0.2, 0.25) is 0 Å². The Bertz CT molecular complexity index is 1100. The molecule has 8 rings (SSSR count). The lowest BCUT2D eigenvalue weighted by atomic mass is 9.32. The van der Waals surface area contributed by atoms with Gasteiger partial charge in [-0.15, -0.1) is 0 Å². The maximum absolute atomic E-state index is 12.4. The second-order valence-electron chi connectivity index (χ2n) is 12.4. The third-order valence-corrected chi connectivity index (χ3v) is 10.7. The highest BCUT2D eigenvalue weighted by Gasteiger charge is 2.80. The van der Waals surface area contributed by atoms with E-state index in [1.807, 2.05) is 19.9 Å². The monoisotopic (exact) mass is 449 g/mol. The predicted octanol–water partition coefficient (Wildman–Crippen LogP) is 3.90. The number of nitrogens with two attached hydrogens (primary N) is 1. The SMILES string of the molecule is CO[C@@]12C=CC3(C[C@@H]1C(C)(C)O)[C@H]1Cc4ccc(C(N)=O)c5c4C3(CCC1CC1CC1)[C@H]2O5. The van der Waals surface area contributed by atoms with E-state index in [0.29, 0.717) is 23.1 Å². The Morgan fingerprint density at radius 2 is 2.06 bits per heavy atom. The summed E-state index contributed by atoms with van der Waals surface area (Å²) in [5.74, 6) is 2.27. The number of carbonyl (C=O) groups excluding carboxylic acids is 1. The van der Waals surface area contributed by atoms with Crippen molar-refractivity contribution in [1.29, 1.82) is 0 Å². The Labute approximate surface area is 195 Å². The van der Waals surface area contributed by atoms with Gasteiger partial charge in [0.05, 0.1) is 11.2 Å². The first-order valence-electron chi connectivity index (χ1n) is 12.8. The molecule has 1 amide bonds. The Morgan fingerprint density at radius 3 is 2.73 bits per heavy atom. The van der Waals surface area contributed by atoms with Gasteiger partial charge in [0.1, 0.15) is 17.5 Å². The molecule has 1 aromatic rings. The molecular formula is C28H35NO4. The average molecular weight is 450 g/mol. The van der Waals surface area contributed by atoms with Gasteiger partial charge in [0.25, 0.3) is 5.91 Å². The van der Waals surface area contributed by atoms with Crippen molar-refractivity contribution in [1.82, 2.24) is 0 Å². The molecule has 1 aliphatic heterocycles. The molecule has 1 heterocycles. The fourth-order valence-corrected chi connectivity index (χ4v) is 9.36. The minimum Gasteiger partial charge on any atom is -0.485 e. The maximum Gasteiger partial charge on any atom is 0.252 e. The van der Waals surface area contributed by atoms with Crippen molar-refractivity contribution in [2.24, 2.45) is 34.8 Å². The first kappa shape index (κ1) is 20.5. The molecule has 6 aliphatic carbocycles. The zero-order valence-electron chi connectivity index (χ0n) is 19.9. The molecule has 33 heavy (non-hydrogen) atoms. The zero-order chi connectivity index (χ0) is 23.0. The van der Waals surface area contributed by atoms with Crippen molar-refractivity contribution in [3.05, 3.63) is 41.0 Å². The number of rotatable bonds is 5. The molecule has 7 atom stereocenters. The summed E-state index contributed by atoms with van der Waals surface area (Å²) in [6.45, 7) is 3.83. The van der Waals surface area contributed by atoms with Crippen LogP contribution in [0.3, 0.4) is 0 Å². The van der Waals surface area contributed by atoms with Crippen molar-refractivity contribution in [2.75, 3.05) is 7.11 Å². The van der Waals surface area contributed by atoms with Crippen molar-refractivity contribution in [3.8, 4) is 5.75 Å². The van der Waals surface area contributed by atoms with E-state index in [1.165, 1.54) is 36.8 Å². The van der Waals surface area contributed by atoms with E-state index in [2.05, 4.69) is 18.2 Å². The summed E-state index contributed by atoms with van der Waals surface area (Å²) >= 11 is 0. The van der Waals surface area contributed by atoms with Gasteiger partial charge < -0.3 is 20.3 Å². The lowest BCUT2D eigenvalue weighted by molar-refractivity contribution is -0.246. The van der Waals surface area contributed by atoms with Crippen LogP contribution in [-0.2, 0) is 16.6 Å². The number of primary amides is 1. The van der Waals surface area contributed by atoms with Gasteiger partial charge in [-0.3, -0.25) is 4.79 Å². The highest BCUT2D eigenvalue weighted by Crippen LogP contribution is 2.77. The third-order valence-electron chi connectivity index (χ3n) is 10.7. The van der Waals surface area contributed by atoms with E-state index in [1.54, 1.807) is 7.11 Å². The summed E-state index contributed by atoms with van der Waals surface area (Å²) in [5.41, 5.74) is 6.90. The molecule has 3 unspecified atom stereocenters. The molecule has 1 aromatic carbocycles. The van der Waals surface area contributed by atoms with Gasteiger partial charge in [-0.05, 0) is 75.3 Å². The van der Waals surface area contributed by atoms with E-state index in [9.17, 15) is 9.90 Å². The van der Waals surface area contributed by atoms with Gasteiger partial charge in [-0.2, -0.15) is 0 Å². The molecule has 3 saturated carbocycles. The predicted molar refractivity (Wildman–Crippen MR) is 124 cm³/mol. The van der Waals surface area contributed by atoms with Crippen molar-refractivity contribution < 1.29 is 19.4 Å². The van der Waals surface area contributed by atoms with Crippen LogP contribution in [0.2, 0.25) is 0 Å². The Morgan fingerprint density at radius 1 is 1.27 bits per heavy atom. The van der Waals surface area contributed by atoms with Crippen LogP contribution in [0.25, 0.3) is 0 Å². The number of methoxy groups -OCH3 is 1. The van der Waals surface area contributed by atoms with Crippen LogP contribution < -0.4 is 10.5 Å². The number of carbonyl (C=O) groups is 1. The fourth-order valence-electron chi connectivity index (χ4n) is 9.36. The summed E-state index contributed by atoms with van der Waals surface area (Å²) in [7, 11) is 1.75. The molecule has 3 fully saturated rings. The highest BCUT2D eigenvalue weighted by molar-refractivity contribution is 5.97. The molecule has 0 saturated heterocycles. The highest BCUT2D eigenvalue weighted by atomic mass is 16.6. The van der Waals surface area contributed by atoms with Gasteiger partial charge in [-0.25, -0.2) is 0 Å². The Hall–Kier alpha value is -1.85. The normalized spacial score (nSPS) is 43.9. The molecule has 5 heteroatoms. The smallest absolute Gasteiger partial charge is 0.252 e. The van der Waals surface area contributed by atoms with Crippen LogP contribution in [0.1, 0.15) is 73.9 Å². The molecule has 0 aromatic heterocycles. The van der Waals surface area contributed by atoms with E-state index >= 15 is 0 Å². The lowest BCUT2D eigenvalue weighted by Gasteiger charge is -2.72. The van der Waals surface area contributed by atoms with Gasteiger partial charge >= 0.3 is 0 Å². The largest absolute Gasteiger partial charge is 0.485 e. The van der Waals surface area contributed by atoms with Crippen LogP contribution in [-0.4, -0.2) is 35.4 Å². The van der Waals surface area contributed by atoms with Crippen LogP contribution in [0.4, 0.5) is 0 Å². The number of allylic oxidation sites excluding steroid dienone is 1. The first-order valence-corrected chi connectivity index (χ1v) is 12.8. The standard InChI is InChI=1S/C28H35NO4/c1-25(2,31)20-14-26-10-11-28(20,32-3)24-27(26)9-8-16(12-15-4-5-15)19(26)13-17-6-7-18(23(29)30)22(33-24)21(17)27/h6-7,10-11,15-16,19-20,24,31H,4-5,8-9,12-14H2,1-3H3,(H2,29,30)/t16?,19-,20+,24+,26?,27?,28-/m0/s1. The van der Waals surface area contributed by atoms with Gasteiger partial charge in [0, 0.05) is 29.4 Å². The number of hydrogen-bond acceptors (Lipinski definition) is 4. The molecule has 176 valence electrons. The lowest BCUT2D eigenvalue weighted by Crippen LogP contribution is -2.77. The Kier molecular flexibility index (Phi) is 3.75. The van der Waals surface area contributed by atoms with Crippen molar-refractivity contribution in [2.45, 2.75) is 81.5 Å². The number of benzene rings is 1. The quantitative estimate of drug-likeness (QED) is 0.668. The minimum atomic E-state index is -0.916. The summed E-state index contributed by atoms with van der Waals surface area (Å²) in [6.07, 6.45) is 12.7. The molecule has 4 bridgehead atoms. The van der Waals surface area contributed by atoms with Gasteiger partial charge in [-0.1, -0.05) is 31.1 Å². The second kappa shape index (κ2) is 6.04. The van der Waals surface area contributed by atoms with E-state index in [4.69, 9.17) is 15.2 Å². The van der Waals surface area contributed by atoms with Crippen LogP contribution in [0.15, 0.2) is 24.3 Å². The summed E-state index contributed by atoms with van der Waals surface area (Å²) in [4.78, 5) is 12.4. The fraction of sp³-hybridized carbons (Fsp3) is 0.679. The molecule has 2 spiro atoms. The van der Waals surface area contributed by atoms with Crippen molar-refractivity contribution in [3.63, 3.8) is 0 Å². The molecular weight excluding hydrogens is 414 g/mol. The number of amides is 1. The number of ether oxygens (including phenoxy) is 2. The van der Waals surface area contributed by atoms with Crippen LogP contribution in [0, 0.1) is 29.1 Å². The van der Waals surface area contributed by atoms with Crippen LogP contribution in [0.5, 0.6) is 5.75 Å². The topological polar surface area (TPSA) is 81.8 Å². The van der Waals surface area contributed by atoms with E-state index in [-0.39, 0.29) is 22.9 Å². The second-order valence-corrected chi connectivity index (χ2v) is 12.4. The summed E-state index contributed by atoms with van der Waals surface area (Å²) in [5, 5.41) is 11.4. The summed E-state index contributed by atoms with van der Waals surface area (Å²) < 4.78 is 13.2. The minimum absolute atomic E-state index is 0.0884. The molecule has 0 radical (unpaired) electrons. The maximum atomic E-state index is 12.4. The number of hydrogen-bond donors (Lipinski definition) is 2. The molecule has 7 aliphatic rings. The zero-order valence-corrected chi connectivity index (χ0v) is 19.9. The molecule has 3 N–H and O–H groups in total. The number of fused-ring (bicyclic) bond motifs is 1.